The summed E-state index contributed by atoms with van der Waals surface area (Å²) in [6.07, 6.45) is 12.0. The van der Waals surface area contributed by atoms with Gasteiger partial charge < -0.3 is 18.9 Å². The molecule has 228 valence electrons. The highest BCUT2D eigenvalue weighted by Gasteiger charge is 2.23. The second-order valence-corrected chi connectivity index (χ2v) is 10.4. The molecule has 0 spiro atoms. The predicted octanol–water partition coefficient (Wildman–Crippen LogP) is 9.27. The van der Waals surface area contributed by atoms with Gasteiger partial charge in [-0.2, -0.15) is 0 Å². The normalized spacial score (nSPS) is 11.6. The summed E-state index contributed by atoms with van der Waals surface area (Å²) in [4.78, 5) is 25.0. The van der Waals surface area contributed by atoms with Gasteiger partial charge in [-0.15, -0.1) is 4.91 Å². The van der Waals surface area contributed by atoms with Crippen LogP contribution >= 0.6 is 0 Å². The zero-order chi connectivity index (χ0) is 30.3. The quantitative estimate of drug-likeness (QED) is 0.0624. The zero-order valence-electron chi connectivity index (χ0n) is 25.2. The van der Waals surface area contributed by atoms with Crippen LogP contribution < -0.4 is 19.7 Å². The van der Waals surface area contributed by atoms with E-state index in [-0.39, 0.29) is 11.3 Å². The summed E-state index contributed by atoms with van der Waals surface area (Å²) >= 11 is 0. The molecule has 0 saturated carbocycles. The highest BCUT2D eigenvalue weighted by molar-refractivity contribution is 6.01. The number of benzene rings is 3. The summed E-state index contributed by atoms with van der Waals surface area (Å²) in [5, 5.41) is 13.9. The molecule has 0 aromatic heterocycles. The molecule has 0 heterocycles. The molecule has 0 fully saturated rings. The highest BCUT2D eigenvalue weighted by Crippen LogP contribution is 2.40. The van der Waals surface area contributed by atoms with Crippen molar-refractivity contribution in [2.75, 3.05) is 26.8 Å². The Kier molecular flexibility index (Phi) is 13.4. The fourth-order valence-corrected chi connectivity index (χ4v) is 5.23. The van der Waals surface area contributed by atoms with Gasteiger partial charge in [-0.1, -0.05) is 76.8 Å². The largest absolute Gasteiger partial charge is 0.493 e. The summed E-state index contributed by atoms with van der Waals surface area (Å²) < 4.78 is 22.3. The van der Waals surface area contributed by atoms with E-state index in [9.17, 15) is 14.9 Å². The molecule has 9 heteroatoms. The molecule has 0 radical (unpaired) electrons. The number of carbonyl (C=O) groups excluding carboxylic acids is 1. The predicted molar refractivity (Wildman–Crippen MR) is 166 cm³/mol. The maximum atomic E-state index is 13.4. The topological polar surface area (TPSA) is 116 Å². The van der Waals surface area contributed by atoms with Gasteiger partial charge >= 0.3 is 5.97 Å². The Morgan fingerprint density at radius 3 is 1.98 bits per heavy atom. The molecule has 0 amide bonds. The number of unbranched alkanes of at least 4 members (excludes halogenated alkanes) is 9. The average molecular weight is 581 g/mol. The Morgan fingerprint density at radius 1 is 0.810 bits per heavy atom. The number of methoxy groups -OCH3 is 3. The van der Waals surface area contributed by atoms with Gasteiger partial charge in [-0.25, -0.2) is 4.79 Å². The van der Waals surface area contributed by atoms with Crippen LogP contribution in [0.2, 0.25) is 0 Å². The van der Waals surface area contributed by atoms with Crippen LogP contribution in [0, 0.1) is 4.91 Å². The number of fused-ring (bicyclic) bond motifs is 1. The first-order valence-electron chi connectivity index (χ1n) is 14.8. The van der Waals surface area contributed by atoms with Crippen LogP contribution in [0.25, 0.3) is 10.8 Å². The Hall–Kier alpha value is -3.85. The number of anilines is 1. The number of nitrogens with zero attached hydrogens (tertiary/aromatic N) is 1. The van der Waals surface area contributed by atoms with E-state index in [1.165, 1.54) is 72.3 Å². The van der Waals surface area contributed by atoms with Crippen molar-refractivity contribution in [3.05, 3.63) is 58.5 Å². The summed E-state index contributed by atoms with van der Waals surface area (Å²) in [6.45, 7) is 2.23. The van der Waals surface area contributed by atoms with E-state index >= 15 is 0 Å². The molecule has 3 aromatic carbocycles. The van der Waals surface area contributed by atoms with Crippen molar-refractivity contribution in [3.8, 4) is 17.2 Å². The second kappa shape index (κ2) is 17.2. The fraction of sp³-hybridized carbons (Fsp3) is 0.485. The highest BCUT2D eigenvalue weighted by atomic mass is 16.5. The third-order valence-electron chi connectivity index (χ3n) is 7.58. The molecule has 9 nitrogen and oxygen atoms in total. The summed E-state index contributed by atoms with van der Waals surface area (Å²) in [6, 6.07) is 11.7. The lowest BCUT2D eigenvalue weighted by Crippen LogP contribution is -2.13. The number of nitroso groups, excluding NO2 is 1. The maximum absolute atomic E-state index is 13.4. The SMILES string of the molecule is CCCCCCCCCCCCC(OC(=O)c1cc(OC)c(OC)c(OC)c1)c1ccc2c(NO)ccc(N=O)c2c1. The van der Waals surface area contributed by atoms with Gasteiger partial charge in [0.05, 0.1) is 32.6 Å². The Balaban J connectivity index is 1.81. The number of carbonyl (C=O) groups is 1. The van der Waals surface area contributed by atoms with E-state index in [2.05, 4.69) is 17.6 Å². The lowest BCUT2D eigenvalue weighted by atomic mass is 9.97. The summed E-state index contributed by atoms with van der Waals surface area (Å²) in [7, 11) is 4.48. The van der Waals surface area contributed by atoms with Gasteiger partial charge in [0.15, 0.2) is 11.5 Å². The fourth-order valence-electron chi connectivity index (χ4n) is 5.23. The van der Waals surface area contributed by atoms with Crippen molar-refractivity contribution in [3.63, 3.8) is 0 Å². The van der Waals surface area contributed by atoms with Gasteiger partial charge in [-0.3, -0.25) is 10.7 Å². The van der Waals surface area contributed by atoms with Crippen LogP contribution in [0.5, 0.6) is 17.2 Å². The van der Waals surface area contributed by atoms with Crippen LogP contribution in [0.4, 0.5) is 11.4 Å². The minimum Gasteiger partial charge on any atom is -0.493 e. The van der Waals surface area contributed by atoms with Crippen LogP contribution in [0.1, 0.15) is 99.6 Å². The molecule has 0 bridgehead atoms. The number of ether oxygens (including phenoxy) is 4. The van der Waals surface area contributed by atoms with Gasteiger partial charge in [0.2, 0.25) is 5.75 Å². The van der Waals surface area contributed by atoms with E-state index in [1.807, 2.05) is 6.07 Å². The molecular weight excluding hydrogens is 536 g/mol. The minimum absolute atomic E-state index is 0.236. The second-order valence-electron chi connectivity index (χ2n) is 10.4. The van der Waals surface area contributed by atoms with E-state index < -0.39 is 12.1 Å². The Morgan fingerprint density at radius 2 is 1.43 bits per heavy atom. The van der Waals surface area contributed by atoms with E-state index in [0.717, 1.165) is 24.8 Å². The van der Waals surface area contributed by atoms with E-state index in [0.29, 0.717) is 40.1 Å². The first-order valence-corrected chi connectivity index (χ1v) is 14.8. The third kappa shape index (κ3) is 8.58. The summed E-state index contributed by atoms with van der Waals surface area (Å²) in [5.41, 5.74) is 3.85. The molecule has 0 saturated heterocycles. The van der Waals surface area contributed by atoms with Crippen LogP contribution in [0.15, 0.2) is 47.6 Å². The zero-order valence-corrected chi connectivity index (χ0v) is 25.2. The third-order valence-corrected chi connectivity index (χ3v) is 7.58. The lowest BCUT2D eigenvalue weighted by Gasteiger charge is -2.20. The molecule has 1 atom stereocenters. The van der Waals surface area contributed by atoms with E-state index in [4.69, 9.17) is 18.9 Å². The van der Waals surface area contributed by atoms with Gasteiger partial charge in [0.25, 0.3) is 0 Å². The lowest BCUT2D eigenvalue weighted by molar-refractivity contribution is 0.0270. The molecule has 0 aliphatic heterocycles. The number of esters is 1. The maximum Gasteiger partial charge on any atom is 0.339 e. The first-order chi connectivity index (χ1) is 20.5. The molecule has 3 rings (SSSR count). The standard InChI is InChI=1S/C33H44N2O7/c1-5-6-7-8-9-10-11-12-13-14-15-29(23-16-17-25-26(20-23)28(35-38)19-18-27(25)34-37)42-33(36)24-21-30(39-2)32(41-4)31(22-24)40-3/h16-22,29,34,37H,5-15H2,1-4H3. The van der Waals surface area contributed by atoms with Crippen molar-refractivity contribution >= 4 is 28.1 Å². The van der Waals surface area contributed by atoms with Gasteiger partial charge in [0.1, 0.15) is 11.8 Å². The van der Waals surface area contributed by atoms with Crippen molar-refractivity contribution in [1.82, 2.24) is 0 Å². The van der Waals surface area contributed by atoms with Gasteiger partial charge in [0, 0.05) is 10.8 Å². The van der Waals surface area contributed by atoms with Crippen molar-refractivity contribution < 1.29 is 28.9 Å². The van der Waals surface area contributed by atoms with Crippen molar-refractivity contribution in [2.45, 2.75) is 83.7 Å². The van der Waals surface area contributed by atoms with Gasteiger partial charge in [-0.05, 0) is 53.9 Å². The summed E-state index contributed by atoms with van der Waals surface area (Å²) in [5.74, 6) is 0.555. The monoisotopic (exact) mass is 580 g/mol. The average Bonchev–Trinajstić information content (AvgIpc) is 3.03. The molecule has 3 aromatic rings. The Labute approximate surface area is 248 Å². The first kappa shape index (κ1) is 32.7. The smallest absolute Gasteiger partial charge is 0.339 e. The number of nitrogens with one attached hydrogen (secondary N) is 1. The molecule has 2 N–H and O–H groups in total. The number of hydrogen-bond donors (Lipinski definition) is 2. The van der Waals surface area contributed by atoms with Crippen LogP contribution in [0.3, 0.4) is 0 Å². The van der Waals surface area contributed by atoms with Crippen LogP contribution in [-0.2, 0) is 4.74 Å². The molecule has 42 heavy (non-hydrogen) atoms. The van der Waals surface area contributed by atoms with Crippen LogP contribution in [-0.4, -0.2) is 32.5 Å². The molecule has 1 unspecified atom stereocenters. The number of rotatable bonds is 19. The van der Waals surface area contributed by atoms with Crippen molar-refractivity contribution in [2.24, 2.45) is 5.18 Å². The Bertz CT molecular complexity index is 1290. The minimum atomic E-state index is -0.569. The van der Waals surface area contributed by atoms with Crippen molar-refractivity contribution in [1.29, 1.82) is 0 Å². The molecular formula is C33H44N2O7. The number of hydrogen-bond acceptors (Lipinski definition) is 9. The van der Waals surface area contributed by atoms with E-state index in [1.54, 1.807) is 30.3 Å². The molecule has 0 aliphatic rings. The molecule has 0 aliphatic carbocycles.